The average molecular weight is 644 g/mol. The monoisotopic (exact) mass is 643 g/mol. The van der Waals surface area contributed by atoms with E-state index in [1.54, 1.807) is 30.1 Å². The van der Waals surface area contributed by atoms with Crippen LogP contribution in [-0.4, -0.2) is 38.3 Å². The number of unbranched alkanes of at least 4 members (excludes halogenated alkanes) is 1. The van der Waals surface area contributed by atoms with Crippen LogP contribution in [0, 0.1) is 0 Å². The molecule has 0 radical (unpaired) electrons. The molecule has 1 fully saturated rings. The molecule has 1 saturated heterocycles. The van der Waals surface area contributed by atoms with Crippen LogP contribution in [0.4, 0.5) is 11.4 Å². The van der Waals surface area contributed by atoms with Crippen molar-refractivity contribution in [1.29, 1.82) is 0 Å². The molecule has 5 rings (SSSR count). The van der Waals surface area contributed by atoms with Crippen molar-refractivity contribution < 1.29 is 24.2 Å². The number of rotatable bonds is 14. The Morgan fingerprint density at radius 2 is 1.65 bits per heavy atom. The minimum Gasteiger partial charge on any atom is -0.397 e. The Labute approximate surface area is 273 Å². The normalized spacial score (nSPS) is 17.8. The molecule has 242 valence electrons. The summed E-state index contributed by atoms with van der Waals surface area (Å²) in [4.78, 5) is 29.0. The van der Waals surface area contributed by atoms with Crippen LogP contribution in [-0.2, 0) is 39.3 Å². The van der Waals surface area contributed by atoms with Crippen LogP contribution in [0.25, 0.3) is 0 Å². The van der Waals surface area contributed by atoms with E-state index in [1.807, 2.05) is 78.5 Å². The Morgan fingerprint density at radius 1 is 0.957 bits per heavy atom. The summed E-state index contributed by atoms with van der Waals surface area (Å²) in [5.74, 6) is 0.555. The molecule has 3 atom stereocenters. The number of carbonyl (C=O) groups is 2. The van der Waals surface area contributed by atoms with Crippen molar-refractivity contribution in [2.24, 2.45) is 7.05 Å². The van der Waals surface area contributed by atoms with Crippen molar-refractivity contribution >= 4 is 35.0 Å². The number of aromatic nitrogens is 2. The van der Waals surface area contributed by atoms with E-state index in [2.05, 4.69) is 15.6 Å². The van der Waals surface area contributed by atoms with Gasteiger partial charge in [-0.2, -0.15) is 0 Å². The maximum Gasteiger partial charge on any atom is 0.224 e. The first kappa shape index (κ1) is 33.2. The van der Waals surface area contributed by atoms with Gasteiger partial charge in [-0.25, -0.2) is 4.98 Å². The predicted molar refractivity (Wildman–Crippen MR) is 179 cm³/mol. The van der Waals surface area contributed by atoms with E-state index in [1.165, 1.54) is 0 Å². The van der Waals surface area contributed by atoms with Crippen LogP contribution in [0.2, 0.25) is 0 Å². The van der Waals surface area contributed by atoms with Crippen molar-refractivity contribution in [3.8, 4) is 0 Å². The molecule has 0 unspecified atom stereocenters. The first-order valence-electron chi connectivity index (χ1n) is 15.5. The number of carbonyl (C=O) groups excluding carboxylic acids is 2. The molecule has 4 aromatic rings. The molecule has 0 spiro atoms. The number of hydrogen-bond donors (Lipinski definition) is 4. The Balaban J connectivity index is 1.10. The van der Waals surface area contributed by atoms with Crippen molar-refractivity contribution in [3.63, 3.8) is 0 Å². The number of amides is 2. The van der Waals surface area contributed by atoms with Gasteiger partial charge in [-0.05, 0) is 41.7 Å². The van der Waals surface area contributed by atoms with Gasteiger partial charge in [0.15, 0.2) is 11.4 Å². The summed E-state index contributed by atoms with van der Waals surface area (Å²) in [6.07, 6.45) is 5.52. The second-order valence-electron chi connectivity index (χ2n) is 11.3. The molecule has 0 aliphatic carbocycles. The van der Waals surface area contributed by atoms with Gasteiger partial charge in [-0.3, -0.25) is 9.59 Å². The van der Waals surface area contributed by atoms with Crippen LogP contribution in [0.1, 0.15) is 66.8 Å². The van der Waals surface area contributed by atoms with Gasteiger partial charge >= 0.3 is 0 Å². The molecular weight excluding hydrogens is 602 g/mol. The van der Waals surface area contributed by atoms with Gasteiger partial charge in [0.1, 0.15) is 0 Å². The zero-order valence-corrected chi connectivity index (χ0v) is 26.7. The fourth-order valence-electron chi connectivity index (χ4n) is 5.16. The van der Waals surface area contributed by atoms with Gasteiger partial charge < -0.3 is 35.5 Å². The van der Waals surface area contributed by atoms with Gasteiger partial charge in [0.05, 0.1) is 30.2 Å². The van der Waals surface area contributed by atoms with Crippen LogP contribution in [0.5, 0.6) is 0 Å². The lowest BCUT2D eigenvalue weighted by molar-refractivity contribution is -0.245. The van der Waals surface area contributed by atoms with Crippen molar-refractivity contribution in [2.75, 3.05) is 16.8 Å². The van der Waals surface area contributed by atoms with Crippen LogP contribution in [0.15, 0.2) is 90.3 Å². The number of thioether (sulfide) groups is 1. The third-order valence-electron chi connectivity index (χ3n) is 7.82. The Morgan fingerprint density at radius 3 is 2.35 bits per heavy atom. The lowest BCUT2D eigenvalue weighted by Gasteiger charge is -2.36. The van der Waals surface area contributed by atoms with Crippen LogP contribution in [0.3, 0.4) is 0 Å². The van der Waals surface area contributed by atoms with Crippen LogP contribution >= 0.6 is 11.8 Å². The lowest BCUT2D eigenvalue weighted by atomic mass is 10.0. The molecule has 3 aromatic carbocycles. The number of nitrogens with zero attached hydrogens (tertiary/aromatic N) is 2. The minimum absolute atomic E-state index is 0.00253. The number of para-hydroxylation sites is 2. The quantitative estimate of drug-likeness (QED) is 0.0786. The second-order valence-corrected chi connectivity index (χ2v) is 12.3. The van der Waals surface area contributed by atoms with Gasteiger partial charge in [0, 0.05) is 56.6 Å². The van der Waals surface area contributed by atoms with E-state index < -0.39 is 6.29 Å². The zero-order chi connectivity index (χ0) is 32.3. The summed E-state index contributed by atoms with van der Waals surface area (Å²) < 4.78 is 14.9. The summed E-state index contributed by atoms with van der Waals surface area (Å²) in [5.41, 5.74) is 10.8. The third-order valence-corrected chi connectivity index (χ3v) is 9.01. The van der Waals surface area contributed by atoms with E-state index in [0.717, 1.165) is 33.2 Å². The number of nitrogens with one attached hydrogen (secondary N) is 2. The van der Waals surface area contributed by atoms with Crippen molar-refractivity contribution in [3.05, 3.63) is 107 Å². The van der Waals surface area contributed by atoms with Crippen molar-refractivity contribution in [1.82, 2.24) is 14.9 Å². The summed E-state index contributed by atoms with van der Waals surface area (Å²) in [7, 11) is 1.98. The van der Waals surface area contributed by atoms with E-state index in [9.17, 15) is 14.7 Å². The van der Waals surface area contributed by atoms with Gasteiger partial charge in [0.2, 0.25) is 11.8 Å². The summed E-state index contributed by atoms with van der Waals surface area (Å²) in [6, 6.07) is 22.9. The lowest BCUT2D eigenvalue weighted by Crippen LogP contribution is -2.31. The Kier molecular flexibility index (Phi) is 11.9. The first-order valence-corrected chi connectivity index (χ1v) is 16.5. The fraction of sp³-hybridized carbons (Fsp3) is 0.343. The molecule has 11 heteroatoms. The predicted octanol–water partition coefficient (Wildman–Crippen LogP) is 5.65. The van der Waals surface area contributed by atoms with Gasteiger partial charge in [-0.1, -0.05) is 72.4 Å². The maximum absolute atomic E-state index is 12.4. The van der Waals surface area contributed by atoms with E-state index in [0.29, 0.717) is 50.0 Å². The molecule has 1 aromatic heterocycles. The van der Waals surface area contributed by atoms with Gasteiger partial charge in [-0.15, -0.1) is 0 Å². The van der Waals surface area contributed by atoms with E-state index in [-0.39, 0.29) is 30.6 Å². The topological polar surface area (TPSA) is 141 Å². The number of imidazole rings is 1. The van der Waals surface area contributed by atoms with E-state index >= 15 is 0 Å². The Bertz CT molecular complexity index is 1580. The molecule has 46 heavy (non-hydrogen) atoms. The number of nitrogens with two attached hydrogens (primary N) is 1. The van der Waals surface area contributed by atoms with Crippen LogP contribution < -0.4 is 16.4 Å². The summed E-state index contributed by atoms with van der Waals surface area (Å²) >= 11 is 1.65. The third kappa shape index (κ3) is 9.43. The molecule has 1 aliphatic rings. The first-order chi connectivity index (χ1) is 22.4. The highest BCUT2D eigenvalue weighted by Gasteiger charge is 2.32. The number of hydrogen-bond acceptors (Lipinski definition) is 8. The molecule has 5 N–H and O–H groups in total. The maximum atomic E-state index is 12.4. The number of nitrogen functional groups attached to an aromatic ring is 1. The SMILES string of the molecule is Cn1ccnc1SC[C@H]1C[C@@H](c2ccc(CO)cc2)O[C@@H](c2ccc(CNC(=O)CCCCC(=O)Nc3ccccc3N)cc2)O1. The smallest absolute Gasteiger partial charge is 0.224 e. The molecule has 0 saturated carbocycles. The second kappa shape index (κ2) is 16.4. The molecule has 1 aliphatic heterocycles. The number of benzene rings is 3. The fourth-order valence-corrected chi connectivity index (χ4v) is 6.11. The number of ether oxygens (including phenoxy) is 2. The average Bonchev–Trinajstić information content (AvgIpc) is 3.50. The summed E-state index contributed by atoms with van der Waals surface area (Å²) in [5, 5.41) is 16.2. The zero-order valence-electron chi connectivity index (χ0n) is 25.9. The van der Waals surface area contributed by atoms with Gasteiger partial charge in [0.25, 0.3) is 0 Å². The Hall–Kier alpha value is -4.16. The molecule has 10 nitrogen and oxygen atoms in total. The molecule has 2 heterocycles. The highest BCUT2D eigenvalue weighted by Crippen LogP contribution is 2.39. The molecule has 0 bridgehead atoms. The minimum atomic E-state index is -0.553. The highest BCUT2D eigenvalue weighted by molar-refractivity contribution is 7.99. The number of aliphatic hydroxyl groups excluding tert-OH is 1. The standard InChI is InChI=1S/C35H41N5O5S/c1-40-19-18-37-35(40)46-23-28-20-31(26-14-12-25(22-41)13-15-26)45-34(44-28)27-16-10-24(11-17-27)21-38-32(42)8-4-5-9-33(43)39-30-7-3-2-6-29(30)36/h2-3,6-7,10-19,28,31,34,41H,4-5,8-9,20-23,36H2,1H3,(H,38,42)(H,39,43)/t28-,31+,34+/m1/s1. The van der Waals surface area contributed by atoms with Crippen molar-refractivity contribution in [2.45, 2.75) is 68.9 Å². The van der Waals surface area contributed by atoms with E-state index in [4.69, 9.17) is 15.2 Å². The number of aryl methyl sites for hydroxylation is 1. The number of anilines is 2. The summed E-state index contributed by atoms with van der Waals surface area (Å²) in [6.45, 7) is 0.402. The largest absolute Gasteiger partial charge is 0.397 e. The molecule has 2 amide bonds. The number of aliphatic hydroxyl groups is 1. The molecular formula is C35H41N5O5S. The highest BCUT2D eigenvalue weighted by atomic mass is 32.2.